The van der Waals surface area contributed by atoms with Gasteiger partial charge in [-0.1, -0.05) is 13.3 Å². The number of nitro benzene ring substituents is 1. The van der Waals surface area contributed by atoms with Gasteiger partial charge in [-0.15, -0.1) is 0 Å². The summed E-state index contributed by atoms with van der Waals surface area (Å²) in [4.78, 5) is 27.4. The second kappa shape index (κ2) is 5.25. The minimum Gasteiger partial charge on any atom is -0.333 e. The number of benzene rings is 1. The number of aryl methyl sites for hydroxylation is 2. The lowest BCUT2D eigenvalue weighted by Gasteiger charge is -2.11. The summed E-state index contributed by atoms with van der Waals surface area (Å²) in [6.45, 7) is 2.63. The second-order valence-electron chi connectivity index (χ2n) is 5.32. The highest BCUT2D eigenvalue weighted by molar-refractivity contribution is 6.03. The van der Waals surface area contributed by atoms with E-state index in [9.17, 15) is 14.9 Å². The summed E-state index contributed by atoms with van der Waals surface area (Å²) < 4.78 is 3.39. The van der Waals surface area contributed by atoms with Crippen LogP contribution in [0.25, 0.3) is 21.9 Å². The Morgan fingerprint density at radius 1 is 1.36 bits per heavy atom. The fourth-order valence-corrected chi connectivity index (χ4v) is 2.74. The Kier molecular flexibility index (Phi) is 3.40. The number of hydrogen-bond acceptors (Lipinski definition) is 4. The molecule has 3 aromatic rings. The van der Waals surface area contributed by atoms with E-state index in [0.717, 1.165) is 12.8 Å². The number of nitro groups is 1. The summed E-state index contributed by atoms with van der Waals surface area (Å²) in [5, 5.41) is 11.7. The summed E-state index contributed by atoms with van der Waals surface area (Å²) in [6.07, 6.45) is 3.39. The normalized spacial score (nSPS) is 11.4. The van der Waals surface area contributed by atoms with Crippen molar-refractivity contribution in [3.8, 4) is 0 Å². The first kappa shape index (κ1) is 14.2. The van der Waals surface area contributed by atoms with Crippen LogP contribution in [0.3, 0.4) is 0 Å². The van der Waals surface area contributed by atoms with Gasteiger partial charge in [0.1, 0.15) is 0 Å². The molecular weight excluding hydrogens is 284 g/mol. The molecule has 0 N–H and O–H groups in total. The highest BCUT2D eigenvalue weighted by Crippen LogP contribution is 2.26. The molecule has 7 heteroatoms. The zero-order chi connectivity index (χ0) is 15.9. The largest absolute Gasteiger partial charge is 0.333 e. The Morgan fingerprint density at radius 2 is 2.14 bits per heavy atom. The molecule has 0 amide bonds. The molecule has 0 saturated carbocycles. The average molecular weight is 300 g/mol. The highest BCUT2D eigenvalue weighted by atomic mass is 16.6. The molecule has 22 heavy (non-hydrogen) atoms. The monoisotopic (exact) mass is 300 g/mol. The Hall–Kier alpha value is -2.70. The maximum absolute atomic E-state index is 12.6. The number of unbranched alkanes of at least 4 members (excludes halogenated alkanes) is 1. The molecule has 0 spiro atoms. The van der Waals surface area contributed by atoms with Crippen LogP contribution >= 0.6 is 0 Å². The summed E-state index contributed by atoms with van der Waals surface area (Å²) in [7, 11) is 1.78. The lowest BCUT2D eigenvalue weighted by Crippen LogP contribution is -2.21. The van der Waals surface area contributed by atoms with Crippen molar-refractivity contribution >= 4 is 27.6 Å². The Balaban J connectivity index is 2.45. The molecule has 0 aliphatic rings. The fourth-order valence-electron chi connectivity index (χ4n) is 2.74. The third kappa shape index (κ3) is 2.05. The van der Waals surface area contributed by atoms with E-state index in [1.54, 1.807) is 28.6 Å². The van der Waals surface area contributed by atoms with Crippen molar-refractivity contribution in [2.24, 2.45) is 7.05 Å². The summed E-state index contributed by atoms with van der Waals surface area (Å²) >= 11 is 0. The van der Waals surface area contributed by atoms with Crippen LogP contribution in [0, 0.1) is 10.1 Å². The molecule has 0 unspecified atom stereocenters. The molecule has 0 saturated heterocycles. The van der Waals surface area contributed by atoms with Crippen LogP contribution in [0.15, 0.2) is 29.3 Å². The first-order valence-electron chi connectivity index (χ1n) is 7.16. The van der Waals surface area contributed by atoms with Crippen LogP contribution in [-0.4, -0.2) is 19.0 Å². The molecule has 2 heterocycles. The Morgan fingerprint density at radius 3 is 2.82 bits per heavy atom. The van der Waals surface area contributed by atoms with Gasteiger partial charge in [0.2, 0.25) is 0 Å². The van der Waals surface area contributed by atoms with E-state index in [-0.39, 0.29) is 11.2 Å². The van der Waals surface area contributed by atoms with Crippen molar-refractivity contribution in [2.75, 3.05) is 0 Å². The summed E-state index contributed by atoms with van der Waals surface area (Å²) in [5.74, 6) is 0. The smallest absolute Gasteiger partial charge is 0.279 e. The van der Waals surface area contributed by atoms with Crippen molar-refractivity contribution < 1.29 is 4.92 Å². The van der Waals surface area contributed by atoms with Gasteiger partial charge < -0.3 is 9.13 Å². The molecule has 3 rings (SSSR count). The first-order valence-corrected chi connectivity index (χ1v) is 7.16. The van der Waals surface area contributed by atoms with E-state index >= 15 is 0 Å². The SMILES string of the molecule is CCCCn1c(=O)c2ncn(C)c2c2cc([N+](=O)[O-])ccc21. The van der Waals surface area contributed by atoms with Crippen LogP contribution < -0.4 is 5.56 Å². The van der Waals surface area contributed by atoms with Crippen molar-refractivity contribution in [3.63, 3.8) is 0 Å². The number of aromatic nitrogens is 3. The van der Waals surface area contributed by atoms with Gasteiger partial charge in [0.25, 0.3) is 11.2 Å². The van der Waals surface area contributed by atoms with E-state index in [0.29, 0.717) is 28.5 Å². The van der Waals surface area contributed by atoms with Crippen LogP contribution in [-0.2, 0) is 13.6 Å². The highest BCUT2D eigenvalue weighted by Gasteiger charge is 2.17. The van der Waals surface area contributed by atoms with Crippen LogP contribution in [0.1, 0.15) is 19.8 Å². The van der Waals surface area contributed by atoms with E-state index in [1.165, 1.54) is 12.1 Å². The number of hydrogen-bond donors (Lipinski definition) is 0. The molecule has 0 fully saturated rings. The predicted octanol–water partition coefficient (Wildman–Crippen LogP) is 2.60. The average Bonchev–Trinajstić information content (AvgIpc) is 2.89. The van der Waals surface area contributed by atoms with Crippen molar-refractivity contribution in [2.45, 2.75) is 26.3 Å². The summed E-state index contributed by atoms with van der Waals surface area (Å²) in [5.41, 5.74) is 1.56. The molecule has 0 aliphatic carbocycles. The van der Waals surface area contributed by atoms with Crippen LogP contribution in [0.4, 0.5) is 5.69 Å². The third-order valence-electron chi connectivity index (χ3n) is 3.86. The van der Waals surface area contributed by atoms with Crippen LogP contribution in [0.2, 0.25) is 0 Å². The minimum atomic E-state index is -0.427. The molecule has 114 valence electrons. The lowest BCUT2D eigenvalue weighted by molar-refractivity contribution is -0.384. The number of rotatable bonds is 4. The summed E-state index contributed by atoms with van der Waals surface area (Å²) in [6, 6.07) is 4.60. The van der Waals surface area contributed by atoms with E-state index < -0.39 is 4.92 Å². The fraction of sp³-hybridized carbons (Fsp3) is 0.333. The molecule has 1 aromatic carbocycles. The molecule has 7 nitrogen and oxygen atoms in total. The lowest BCUT2D eigenvalue weighted by atomic mass is 10.1. The van der Waals surface area contributed by atoms with Gasteiger partial charge in [-0.2, -0.15) is 0 Å². The maximum Gasteiger partial charge on any atom is 0.279 e. The molecular formula is C15H16N4O3. The van der Waals surface area contributed by atoms with Gasteiger partial charge in [-0.25, -0.2) is 4.98 Å². The first-order chi connectivity index (χ1) is 10.5. The zero-order valence-electron chi connectivity index (χ0n) is 12.4. The van der Waals surface area contributed by atoms with Crippen molar-refractivity contribution in [3.05, 3.63) is 45.0 Å². The molecule has 0 aliphatic heterocycles. The van der Waals surface area contributed by atoms with Gasteiger partial charge in [-0.3, -0.25) is 14.9 Å². The van der Waals surface area contributed by atoms with Gasteiger partial charge in [0, 0.05) is 31.1 Å². The van der Waals surface area contributed by atoms with Gasteiger partial charge in [0.15, 0.2) is 5.52 Å². The third-order valence-corrected chi connectivity index (χ3v) is 3.86. The van der Waals surface area contributed by atoms with Crippen molar-refractivity contribution in [1.82, 2.24) is 14.1 Å². The van der Waals surface area contributed by atoms with E-state index in [1.807, 2.05) is 0 Å². The topological polar surface area (TPSA) is 83.0 Å². The molecule has 0 radical (unpaired) electrons. The van der Waals surface area contributed by atoms with Gasteiger partial charge >= 0.3 is 0 Å². The number of fused-ring (bicyclic) bond motifs is 3. The molecule has 2 aromatic heterocycles. The van der Waals surface area contributed by atoms with E-state index in [4.69, 9.17) is 0 Å². The second-order valence-corrected chi connectivity index (χ2v) is 5.32. The standard InChI is InChI=1S/C15H16N4O3/c1-3-4-7-18-12-6-5-10(19(21)22)8-11(12)14-13(15(18)20)16-9-17(14)2/h5-6,8-9H,3-4,7H2,1-2H3. The number of imidazole rings is 1. The number of non-ortho nitro benzene ring substituents is 1. The van der Waals surface area contributed by atoms with Crippen LogP contribution in [0.5, 0.6) is 0 Å². The number of pyridine rings is 1. The minimum absolute atomic E-state index is 0.00990. The molecule has 0 atom stereocenters. The maximum atomic E-state index is 12.6. The predicted molar refractivity (Wildman–Crippen MR) is 84.0 cm³/mol. The Bertz CT molecular complexity index is 939. The van der Waals surface area contributed by atoms with E-state index in [2.05, 4.69) is 11.9 Å². The number of nitrogens with zero attached hydrogens (tertiary/aromatic N) is 4. The Labute approximate surface area is 126 Å². The quantitative estimate of drug-likeness (QED) is 0.547. The van der Waals surface area contributed by atoms with Gasteiger partial charge in [-0.05, 0) is 12.5 Å². The van der Waals surface area contributed by atoms with Crippen molar-refractivity contribution in [1.29, 1.82) is 0 Å². The zero-order valence-corrected chi connectivity index (χ0v) is 12.4. The molecule has 0 bridgehead atoms. The van der Waals surface area contributed by atoms with Gasteiger partial charge in [0.05, 0.1) is 22.3 Å².